The van der Waals surface area contributed by atoms with Crippen LogP contribution in [0.3, 0.4) is 0 Å². The molecule has 5 unspecified atom stereocenters. The number of benzene rings is 4. The molecule has 0 radical (unpaired) electrons. The third-order valence-corrected chi connectivity index (χ3v) is 10.7. The summed E-state index contributed by atoms with van der Waals surface area (Å²) in [6.07, 6.45) is 8.69. The quantitative estimate of drug-likeness (QED) is 0.237. The lowest BCUT2D eigenvalue weighted by molar-refractivity contribution is 0.294. The zero-order valence-corrected chi connectivity index (χ0v) is 24.1. The minimum Gasteiger partial charge on any atom is -0.378 e. The molecular formula is C38H38N2. The summed E-state index contributed by atoms with van der Waals surface area (Å²) in [5.74, 6) is 2.34. The monoisotopic (exact) mass is 522 g/mol. The van der Waals surface area contributed by atoms with Crippen molar-refractivity contribution < 1.29 is 0 Å². The van der Waals surface area contributed by atoms with Gasteiger partial charge in [-0.1, -0.05) is 84.0 Å². The summed E-state index contributed by atoms with van der Waals surface area (Å²) < 4.78 is 0. The Morgan fingerprint density at radius 2 is 1.27 bits per heavy atom. The Morgan fingerprint density at radius 3 is 1.90 bits per heavy atom. The van der Waals surface area contributed by atoms with Gasteiger partial charge in [-0.05, 0) is 100 Å². The van der Waals surface area contributed by atoms with Crippen LogP contribution < -0.4 is 9.80 Å². The third kappa shape index (κ3) is 3.22. The van der Waals surface area contributed by atoms with Gasteiger partial charge in [-0.2, -0.15) is 0 Å². The van der Waals surface area contributed by atoms with Gasteiger partial charge in [-0.15, -0.1) is 0 Å². The van der Waals surface area contributed by atoms with E-state index in [1.807, 2.05) is 0 Å². The second-order valence-electron chi connectivity index (χ2n) is 13.0. The highest BCUT2D eigenvalue weighted by Crippen LogP contribution is 2.74. The Morgan fingerprint density at radius 1 is 0.675 bits per heavy atom. The van der Waals surface area contributed by atoms with Gasteiger partial charge in [0.25, 0.3) is 0 Å². The van der Waals surface area contributed by atoms with Crippen LogP contribution in [0.2, 0.25) is 0 Å². The van der Waals surface area contributed by atoms with Gasteiger partial charge in [0.1, 0.15) is 0 Å². The van der Waals surface area contributed by atoms with Crippen LogP contribution in [-0.2, 0) is 18.3 Å². The molecule has 0 aromatic heterocycles. The van der Waals surface area contributed by atoms with Crippen molar-refractivity contribution in [3.05, 3.63) is 130 Å². The number of anilines is 2. The summed E-state index contributed by atoms with van der Waals surface area (Å²) in [5, 5.41) is 2.99. The fourth-order valence-corrected chi connectivity index (χ4v) is 9.10. The highest BCUT2D eigenvalue weighted by molar-refractivity contribution is 5.93. The van der Waals surface area contributed by atoms with Crippen LogP contribution in [0.1, 0.15) is 34.6 Å². The zero-order valence-electron chi connectivity index (χ0n) is 24.1. The van der Waals surface area contributed by atoms with Crippen molar-refractivity contribution in [2.45, 2.75) is 30.6 Å². The van der Waals surface area contributed by atoms with Gasteiger partial charge in [0.15, 0.2) is 0 Å². The summed E-state index contributed by atoms with van der Waals surface area (Å²) in [5.41, 5.74) is 12.2. The van der Waals surface area contributed by atoms with E-state index < -0.39 is 0 Å². The molecule has 1 saturated carbocycles. The summed E-state index contributed by atoms with van der Waals surface area (Å²) >= 11 is 0. The SMILES string of the molecule is CN(C)c1ccc(CC2=CC3C4c5cccc6cccc(c56)C35CC=C(Cc3ccc(N(C)C)cc3)C5C24)cc1. The number of fused-ring (bicyclic) bond motifs is 1. The predicted octanol–water partition coefficient (Wildman–Crippen LogP) is 7.92. The summed E-state index contributed by atoms with van der Waals surface area (Å²) in [6, 6.07) is 32.7. The molecule has 2 heteroatoms. The number of hydrogen-bond donors (Lipinski definition) is 0. The summed E-state index contributed by atoms with van der Waals surface area (Å²) in [7, 11) is 8.47. The molecule has 40 heavy (non-hydrogen) atoms. The summed E-state index contributed by atoms with van der Waals surface area (Å²) in [4.78, 5) is 4.37. The van der Waals surface area contributed by atoms with Gasteiger partial charge in [0, 0.05) is 45.0 Å². The van der Waals surface area contributed by atoms with Crippen LogP contribution in [0.25, 0.3) is 10.8 Å². The van der Waals surface area contributed by atoms with Gasteiger partial charge in [-0.3, -0.25) is 0 Å². The highest BCUT2D eigenvalue weighted by Gasteiger charge is 2.68. The molecule has 5 atom stereocenters. The number of hydrogen-bond acceptors (Lipinski definition) is 2. The second-order valence-corrected chi connectivity index (χ2v) is 13.0. The Hall–Kier alpha value is -3.78. The lowest BCUT2D eigenvalue weighted by atomic mass is 9.60. The van der Waals surface area contributed by atoms with Crippen LogP contribution in [0.15, 0.2) is 108 Å². The molecule has 0 heterocycles. The van der Waals surface area contributed by atoms with Crippen molar-refractivity contribution in [3.8, 4) is 0 Å². The number of nitrogens with zero attached hydrogens (tertiary/aromatic N) is 2. The topological polar surface area (TPSA) is 6.48 Å². The van der Waals surface area contributed by atoms with E-state index in [0.29, 0.717) is 23.7 Å². The van der Waals surface area contributed by atoms with Crippen molar-refractivity contribution in [3.63, 3.8) is 0 Å². The van der Waals surface area contributed by atoms with Crippen LogP contribution in [0.5, 0.6) is 0 Å². The molecule has 0 N–H and O–H groups in total. The molecular weight excluding hydrogens is 484 g/mol. The molecule has 4 aromatic rings. The first-order valence-corrected chi connectivity index (χ1v) is 14.9. The molecule has 1 spiro atoms. The second kappa shape index (κ2) is 8.61. The van der Waals surface area contributed by atoms with Crippen LogP contribution in [0.4, 0.5) is 11.4 Å². The van der Waals surface area contributed by atoms with E-state index >= 15 is 0 Å². The van der Waals surface area contributed by atoms with Crippen molar-refractivity contribution in [2.24, 2.45) is 17.8 Å². The lowest BCUT2D eigenvalue weighted by Crippen LogP contribution is -2.39. The molecule has 2 nitrogen and oxygen atoms in total. The fourth-order valence-electron chi connectivity index (χ4n) is 9.10. The highest BCUT2D eigenvalue weighted by atomic mass is 15.1. The lowest BCUT2D eigenvalue weighted by Gasteiger charge is -2.43. The smallest absolute Gasteiger partial charge is 0.0361 e. The first-order valence-electron chi connectivity index (χ1n) is 14.9. The molecule has 0 saturated heterocycles. The maximum Gasteiger partial charge on any atom is 0.0361 e. The standard InChI is InChI=1S/C38H38N2/c1-39(2)29-15-11-24(12-16-29)21-27-19-20-38-32-10-6-8-26-7-5-9-31(34(26)32)36-33(38)23-28(35(36)37(27)38)22-25-13-17-30(18-14-25)40(3)4/h5-19,23,33,35-37H,20-22H2,1-4H3. The van der Waals surface area contributed by atoms with Crippen molar-refractivity contribution in [1.29, 1.82) is 0 Å². The van der Waals surface area contributed by atoms with E-state index in [0.717, 1.165) is 12.8 Å². The first-order chi connectivity index (χ1) is 19.5. The molecule has 0 aliphatic heterocycles. The zero-order chi connectivity index (χ0) is 27.2. The van der Waals surface area contributed by atoms with Gasteiger partial charge in [0.2, 0.25) is 0 Å². The fraction of sp³-hybridized carbons (Fsp3) is 0.316. The number of rotatable bonds is 6. The molecule has 200 valence electrons. The first kappa shape index (κ1) is 24.1. The van der Waals surface area contributed by atoms with Crippen molar-refractivity contribution in [1.82, 2.24) is 0 Å². The average molecular weight is 523 g/mol. The van der Waals surface area contributed by atoms with Gasteiger partial charge >= 0.3 is 0 Å². The minimum absolute atomic E-state index is 0.209. The maximum absolute atomic E-state index is 2.74. The third-order valence-electron chi connectivity index (χ3n) is 10.7. The Bertz CT molecular complexity index is 1680. The van der Waals surface area contributed by atoms with Gasteiger partial charge in [0.05, 0.1) is 0 Å². The average Bonchev–Trinajstić information content (AvgIpc) is 3.58. The van der Waals surface area contributed by atoms with E-state index in [1.54, 1.807) is 27.7 Å². The molecule has 4 aliphatic rings. The molecule has 1 fully saturated rings. The Labute approximate surface area is 238 Å². The summed E-state index contributed by atoms with van der Waals surface area (Å²) in [6.45, 7) is 0. The molecule has 4 aromatic carbocycles. The minimum atomic E-state index is 0.209. The number of allylic oxidation sites excluding steroid dienone is 4. The van der Waals surface area contributed by atoms with Crippen molar-refractivity contribution >= 4 is 22.1 Å². The van der Waals surface area contributed by atoms with Gasteiger partial charge in [-0.25, -0.2) is 0 Å². The van der Waals surface area contributed by atoms with E-state index in [1.165, 1.54) is 34.3 Å². The van der Waals surface area contributed by atoms with E-state index in [4.69, 9.17) is 0 Å². The van der Waals surface area contributed by atoms with E-state index in [9.17, 15) is 0 Å². The van der Waals surface area contributed by atoms with Crippen LogP contribution in [-0.4, -0.2) is 28.2 Å². The van der Waals surface area contributed by atoms with Crippen LogP contribution in [0, 0.1) is 17.8 Å². The van der Waals surface area contributed by atoms with Gasteiger partial charge < -0.3 is 9.80 Å². The van der Waals surface area contributed by atoms with E-state index in [2.05, 4.69) is 135 Å². The Kier molecular flexibility index (Phi) is 5.18. The molecule has 4 bridgehead atoms. The Balaban J connectivity index is 1.22. The van der Waals surface area contributed by atoms with Crippen molar-refractivity contribution in [2.75, 3.05) is 38.0 Å². The van der Waals surface area contributed by atoms with E-state index in [-0.39, 0.29) is 5.41 Å². The van der Waals surface area contributed by atoms with Crippen LogP contribution >= 0.6 is 0 Å². The molecule has 0 amide bonds. The molecule has 4 aliphatic carbocycles. The molecule has 8 rings (SSSR count). The normalized spacial score (nSPS) is 27.0. The maximum atomic E-state index is 2.74. The predicted molar refractivity (Wildman–Crippen MR) is 169 cm³/mol. The largest absolute Gasteiger partial charge is 0.378 e.